The van der Waals surface area contributed by atoms with Gasteiger partial charge in [0.15, 0.2) is 0 Å². The molecule has 0 bridgehead atoms. The zero-order valence-electron chi connectivity index (χ0n) is 11.6. The third-order valence-corrected chi connectivity index (χ3v) is 6.29. The highest BCUT2D eigenvalue weighted by atomic mass is 32.2. The second-order valence-electron chi connectivity index (χ2n) is 6.02. The first-order chi connectivity index (χ1) is 9.55. The highest BCUT2D eigenvalue weighted by Crippen LogP contribution is 2.39. The predicted molar refractivity (Wildman–Crippen MR) is 76.9 cm³/mol. The predicted octanol–water partition coefficient (Wildman–Crippen LogP) is 1.15. The van der Waals surface area contributed by atoms with Crippen LogP contribution in [0.15, 0.2) is 22.8 Å². The molecule has 112 valence electrons. The molecule has 1 aliphatic carbocycles. The van der Waals surface area contributed by atoms with Crippen LogP contribution in [0.5, 0.6) is 0 Å². The van der Waals surface area contributed by atoms with Crippen molar-refractivity contribution < 1.29 is 12.8 Å². The van der Waals surface area contributed by atoms with Crippen LogP contribution in [-0.4, -0.2) is 42.9 Å². The van der Waals surface area contributed by atoms with E-state index in [1.54, 1.807) is 6.26 Å². The van der Waals surface area contributed by atoms with E-state index in [-0.39, 0.29) is 17.0 Å². The Morgan fingerprint density at radius 1 is 1.35 bits per heavy atom. The van der Waals surface area contributed by atoms with Crippen molar-refractivity contribution in [2.24, 2.45) is 5.73 Å². The summed E-state index contributed by atoms with van der Waals surface area (Å²) in [7, 11) is -2.87. The normalized spacial score (nSPS) is 24.9. The summed E-state index contributed by atoms with van der Waals surface area (Å²) in [6, 6.07) is 4.39. The van der Waals surface area contributed by atoms with E-state index in [0.717, 1.165) is 12.3 Å². The zero-order valence-corrected chi connectivity index (χ0v) is 12.4. The topological polar surface area (TPSA) is 76.5 Å². The molecular formula is C14H22N2O3S. The molecule has 0 unspecified atom stereocenters. The number of sulfone groups is 1. The SMILES string of the molecule is NCC1(N(Cc2ccco2)C2CC2)CCS(=O)(=O)CC1. The number of rotatable bonds is 5. The molecule has 0 spiro atoms. The van der Waals surface area contributed by atoms with E-state index in [9.17, 15) is 8.42 Å². The Morgan fingerprint density at radius 3 is 2.55 bits per heavy atom. The standard InChI is InChI=1S/C14H22N2O3S/c15-11-14(5-8-20(17,18)9-6-14)16(12-3-4-12)10-13-2-1-7-19-13/h1-2,7,12H,3-6,8-11,15H2. The average molecular weight is 298 g/mol. The molecule has 3 rings (SSSR count). The van der Waals surface area contributed by atoms with Crippen LogP contribution in [0.1, 0.15) is 31.4 Å². The summed E-state index contributed by atoms with van der Waals surface area (Å²) >= 11 is 0. The Morgan fingerprint density at radius 2 is 2.05 bits per heavy atom. The van der Waals surface area contributed by atoms with Crippen molar-refractivity contribution in [1.82, 2.24) is 4.90 Å². The van der Waals surface area contributed by atoms with Gasteiger partial charge in [0.2, 0.25) is 0 Å². The van der Waals surface area contributed by atoms with Crippen molar-refractivity contribution in [2.75, 3.05) is 18.1 Å². The molecule has 5 nitrogen and oxygen atoms in total. The van der Waals surface area contributed by atoms with Crippen molar-refractivity contribution in [2.45, 2.75) is 43.8 Å². The van der Waals surface area contributed by atoms with Crippen LogP contribution in [0.25, 0.3) is 0 Å². The fourth-order valence-corrected chi connectivity index (χ4v) is 4.75. The van der Waals surface area contributed by atoms with E-state index in [1.165, 1.54) is 12.8 Å². The molecule has 0 radical (unpaired) electrons. The van der Waals surface area contributed by atoms with Crippen molar-refractivity contribution in [3.8, 4) is 0 Å². The third-order valence-electron chi connectivity index (χ3n) is 4.64. The fourth-order valence-electron chi connectivity index (χ4n) is 3.17. The van der Waals surface area contributed by atoms with Gasteiger partial charge in [-0.25, -0.2) is 8.42 Å². The number of hydrogen-bond donors (Lipinski definition) is 1. The molecule has 0 atom stereocenters. The van der Waals surface area contributed by atoms with Crippen molar-refractivity contribution in [3.63, 3.8) is 0 Å². The second kappa shape index (κ2) is 5.16. The fraction of sp³-hybridized carbons (Fsp3) is 0.714. The number of nitrogens with two attached hydrogens (primary N) is 1. The van der Waals surface area contributed by atoms with E-state index >= 15 is 0 Å². The lowest BCUT2D eigenvalue weighted by molar-refractivity contribution is 0.0591. The number of hydrogen-bond acceptors (Lipinski definition) is 5. The summed E-state index contributed by atoms with van der Waals surface area (Å²) < 4.78 is 28.9. The molecule has 0 amide bonds. The van der Waals surface area contributed by atoms with Gasteiger partial charge in [0.25, 0.3) is 0 Å². The maximum Gasteiger partial charge on any atom is 0.150 e. The van der Waals surface area contributed by atoms with Gasteiger partial charge in [0.05, 0.1) is 24.3 Å². The van der Waals surface area contributed by atoms with Gasteiger partial charge in [-0.05, 0) is 37.8 Å². The monoisotopic (exact) mass is 298 g/mol. The van der Waals surface area contributed by atoms with Crippen LogP contribution in [0.2, 0.25) is 0 Å². The first-order valence-corrected chi connectivity index (χ1v) is 9.06. The van der Waals surface area contributed by atoms with Gasteiger partial charge < -0.3 is 10.2 Å². The first-order valence-electron chi connectivity index (χ1n) is 7.24. The Balaban J connectivity index is 1.81. The molecule has 1 aliphatic heterocycles. The summed E-state index contributed by atoms with van der Waals surface area (Å²) in [6.45, 7) is 1.24. The van der Waals surface area contributed by atoms with Crippen LogP contribution < -0.4 is 5.73 Å². The van der Waals surface area contributed by atoms with Crippen LogP contribution in [0.4, 0.5) is 0 Å². The molecule has 1 aromatic heterocycles. The summed E-state index contributed by atoms with van der Waals surface area (Å²) in [6.07, 6.45) is 5.32. The molecule has 2 aliphatic rings. The Bertz CT molecular complexity index is 535. The van der Waals surface area contributed by atoms with Gasteiger partial charge in [0.1, 0.15) is 15.6 Å². The molecular weight excluding hydrogens is 276 g/mol. The minimum atomic E-state index is -2.87. The molecule has 1 saturated heterocycles. The van der Waals surface area contributed by atoms with Gasteiger partial charge in [-0.2, -0.15) is 0 Å². The Hall–Kier alpha value is -0.850. The van der Waals surface area contributed by atoms with Gasteiger partial charge in [-0.1, -0.05) is 0 Å². The molecule has 2 heterocycles. The Labute approximate surface area is 120 Å². The highest BCUT2D eigenvalue weighted by molar-refractivity contribution is 7.91. The third kappa shape index (κ3) is 2.77. The van der Waals surface area contributed by atoms with Gasteiger partial charge >= 0.3 is 0 Å². The molecule has 6 heteroatoms. The van der Waals surface area contributed by atoms with Crippen LogP contribution in [-0.2, 0) is 16.4 Å². The lowest BCUT2D eigenvalue weighted by Gasteiger charge is -2.45. The van der Waals surface area contributed by atoms with E-state index < -0.39 is 9.84 Å². The number of nitrogens with zero attached hydrogens (tertiary/aromatic N) is 1. The van der Waals surface area contributed by atoms with E-state index in [2.05, 4.69) is 4.90 Å². The first kappa shape index (κ1) is 14.1. The molecule has 2 N–H and O–H groups in total. The quantitative estimate of drug-likeness (QED) is 0.882. The van der Waals surface area contributed by atoms with E-state index in [1.807, 2.05) is 12.1 Å². The average Bonchev–Trinajstić information content (AvgIpc) is 3.14. The smallest absolute Gasteiger partial charge is 0.150 e. The number of furan rings is 1. The molecule has 1 saturated carbocycles. The summed E-state index contributed by atoms with van der Waals surface area (Å²) in [5.41, 5.74) is 5.87. The maximum absolute atomic E-state index is 11.7. The molecule has 1 aromatic rings. The summed E-state index contributed by atoms with van der Waals surface area (Å²) in [4.78, 5) is 2.40. The second-order valence-corrected chi connectivity index (χ2v) is 8.32. The van der Waals surface area contributed by atoms with Crippen molar-refractivity contribution in [3.05, 3.63) is 24.2 Å². The van der Waals surface area contributed by atoms with E-state index in [0.29, 0.717) is 25.4 Å². The largest absolute Gasteiger partial charge is 0.468 e. The van der Waals surface area contributed by atoms with Crippen LogP contribution in [0, 0.1) is 0 Å². The van der Waals surface area contributed by atoms with Crippen LogP contribution >= 0.6 is 0 Å². The van der Waals surface area contributed by atoms with Gasteiger partial charge in [-0.3, -0.25) is 4.90 Å². The van der Waals surface area contributed by atoms with Gasteiger partial charge in [-0.15, -0.1) is 0 Å². The lowest BCUT2D eigenvalue weighted by atomic mass is 9.89. The van der Waals surface area contributed by atoms with E-state index in [4.69, 9.17) is 10.2 Å². The van der Waals surface area contributed by atoms with Crippen molar-refractivity contribution >= 4 is 9.84 Å². The molecule has 20 heavy (non-hydrogen) atoms. The summed E-state index contributed by atoms with van der Waals surface area (Å²) in [5, 5.41) is 0. The Kier molecular flexibility index (Phi) is 3.64. The minimum Gasteiger partial charge on any atom is -0.468 e. The zero-order chi connectivity index (χ0) is 14.2. The summed E-state index contributed by atoms with van der Waals surface area (Å²) in [5.74, 6) is 1.44. The maximum atomic E-state index is 11.7. The lowest BCUT2D eigenvalue weighted by Crippen LogP contribution is -2.58. The highest BCUT2D eigenvalue weighted by Gasteiger charge is 2.46. The van der Waals surface area contributed by atoms with Crippen LogP contribution in [0.3, 0.4) is 0 Å². The van der Waals surface area contributed by atoms with Crippen molar-refractivity contribution in [1.29, 1.82) is 0 Å². The molecule has 2 fully saturated rings. The molecule has 0 aromatic carbocycles. The minimum absolute atomic E-state index is 0.181. The van der Waals surface area contributed by atoms with Gasteiger partial charge in [0, 0.05) is 18.1 Å².